The molecule has 0 radical (unpaired) electrons. The quantitative estimate of drug-likeness (QED) is 0.812. The summed E-state index contributed by atoms with van der Waals surface area (Å²) in [4.78, 5) is 4.61. The van der Waals surface area contributed by atoms with E-state index in [2.05, 4.69) is 64.4 Å². The molecule has 0 aliphatic heterocycles. The monoisotopic (exact) mass is 266 g/mol. The predicted molar refractivity (Wildman–Crippen MR) is 66.2 cm³/mol. The van der Waals surface area contributed by atoms with Gasteiger partial charge in [-0.2, -0.15) is 0 Å². The van der Waals surface area contributed by atoms with Crippen LogP contribution in [0.5, 0.6) is 0 Å². The van der Waals surface area contributed by atoms with E-state index in [1.54, 1.807) is 0 Å². The van der Waals surface area contributed by atoms with Crippen molar-refractivity contribution in [1.29, 1.82) is 0 Å². The number of fused-ring (bicyclic) bond motifs is 1. The minimum absolute atomic E-state index is 0.638. The Morgan fingerprint density at radius 3 is 2.87 bits per heavy atom. The molecule has 2 aromatic heterocycles. The van der Waals surface area contributed by atoms with Crippen LogP contribution in [0.1, 0.15) is 25.4 Å². The van der Waals surface area contributed by atoms with Gasteiger partial charge in [0.15, 0.2) is 0 Å². The number of hydrogen-bond donors (Lipinski definition) is 0. The molecule has 2 aromatic rings. The van der Waals surface area contributed by atoms with Crippen molar-refractivity contribution in [2.75, 3.05) is 0 Å². The van der Waals surface area contributed by atoms with Gasteiger partial charge in [-0.25, -0.2) is 4.98 Å². The van der Waals surface area contributed by atoms with Gasteiger partial charge in [-0.3, -0.25) is 0 Å². The Balaban J connectivity index is 2.57. The van der Waals surface area contributed by atoms with Gasteiger partial charge in [-0.15, -0.1) is 0 Å². The van der Waals surface area contributed by atoms with E-state index in [4.69, 9.17) is 0 Å². The van der Waals surface area contributed by atoms with E-state index in [1.165, 1.54) is 5.52 Å². The second-order valence-electron chi connectivity index (χ2n) is 4.31. The van der Waals surface area contributed by atoms with Gasteiger partial charge in [0.1, 0.15) is 5.82 Å². The Hall–Kier alpha value is -0.830. The molecule has 2 nitrogen and oxygen atoms in total. The second kappa shape index (κ2) is 3.97. The fourth-order valence-corrected chi connectivity index (χ4v) is 2.13. The normalized spacial score (nSPS) is 11.5. The molecule has 0 atom stereocenters. The van der Waals surface area contributed by atoms with Crippen molar-refractivity contribution in [3.05, 3.63) is 34.3 Å². The summed E-state index contributed by atoms with van der Waals surface area (Å²) < 4.78 is 3.29. The Morgan fingerprint density at radius 1 is 1.47 bits per heavy atom. The highest BCUT2D eigenvalue weighted by Crippen LogP contribution is 2.19. The van der Waals surface area contributed by atoms with Gasteiger partial charge in [-0.1, -0.05) is 29.8 Å². The molecule has 0 bridgehead atoms. The van der Waals surface area contributed by atoms with Crippen LogP contribution in [0.2, 0.25) is 0 Å². The van der Waals surface area contributed by atoms with Crippen LogP contribution in [-0.2, 0) is 6.42 Å². The summed E-state index contributed by atoms with van der Waals surface area (Å²) in [5, 5.41) is 0. The summed E-state index contributed by atoms with van der Waals surface area (Å²) in [6.45, 7) is 6.50. The van der Waals surface area contributed by atoms with Gasteiger partial charge in [0.25, 0.3) is 0 Å². The number of nitrogens with zero attached hydrogens (tertiary/aromatic N) is 2. The summed E-state index contributed by atoms with van der Waals surface area (Å²) in [6, 6.07) is 4.17. The number of aromatic nitrogens is 2. The van der Waals surface area contributed by atoms with Crippen LogP contribution in [0.15, 0.2) is 22.8 Å². The van der Waals surface area contributed by atoms with Crippen LogP contribution in [0, 0.1) is 12.8 Å². The first-order chi connectivity index (χ1) is 7.08. The summed E-state index contributed by atoms with van der Waals surface area (Å²) in [5.74, 6) is 1.80. The van der Waals surface area contributed by atoms with Gasteiger partial charge in [0.2, 0.25) is 0 Å². The molecule has 0 unspecified atom stereocenters. The van der Waals surface area contributed by atoms with Crippen LogP contribution < -0.4 is 0 Å². The van der Waals surface area contributed by atoms with Gasteiger partial charge in [0.05, 0.1) is 11.2 Å². The van der Waals surface area contributed by atoms with Gasteiger partial charge in [-0.05, 0) is 25.0 Å². The molecule has 0 N–H and O–H groups in total. The van der Waals surface area contributed by atoms with Crippen LogP contribution in [-0.4, -0.2) is 9.38 Å². The molecule has 80 valence electrons. The molecule has 0 saturated heterocycles. The van der Waals surface area contributed by atoms with Crippen LogP contribution in [0.25, 0.3) is 5.52 Å². The molecule has 0 spiro atoms. The van der Waals surface area contributed by atoms with Crippen molar-refractivity contribution in [2.45, 2.75) is 27.2 Å². The summed E-state index contributed by atoms with van der Waals surface area (Å²) in [5.41, 5.74) is 2.30. The first kappa shape index (κ1) is 10.7. The fraction of sp³-hybridized carbons (Fsp3) is 0.417. The lowest BCUT2D eigenvalue weighted by Crippen LogP contribution is -2.00. The molecular weight excluding hydrogens is 252 g/mol. The third-order valence-corrected chi connectivity index (χ3v) is 2.95. The van der Waals surface area contributed by atoms with Crippen LogP contribution in [0.3, 0.4) is 0 Å². The van der Waals surface area contributed by atoms with Gasteiger partial charge in [0, 0.05) is 17.1 Å². The Morgan fingerprint density at radius 2 is 2.20 bits per heavy atom. The highest BCUT2D eigenvalue weighted by atomic mass is 79.9. The Bertz CT molecular complexity index is 486. The topological polar surface area (TPSA) is 17.3 Å². The average molecular weight is 267 g/mol. The Kier molecular flexibility index (Phi) is 2.83. The number of hydrogen-bond acceptors (Lipinski definition) is 1. The highest BCUT2D eigenvalue weighted by Gasteiger charge is 2.09. The maximum atomic E-state index is 4.61. The van der Waals surface area contributed by atoms with Crippen LogP contribution >= 0.6 is 15.9 Å². The van der Waals surface area contributed by atoms with Crippen molar-refractivity contribution in [1.82, 2.24) is 9.38 Å². The molecule has 0 amide bonds. The van der Waals surface area contributed by atoms with E-state index in [1.807, 2.05) is 0 Å². The van der Waals surface area contributed by atoms with Crippen molar-refractivity contribution in [3.8, 4) is 0 Å². The van der Waals surface area contributed by atoms with E-state index in [0.717, 1.165) is 22.4 Å². The van der Waals surface area contributed by atoms with Crippen molar-refractivity contribution in [3.63, 3.8) is 0 Å². The SMILES string of the molecule is Cc1nc(CC(C)C)n2ccc(Br)cc12. The standard InChI is InChI=1S/C12H15BrN2/c1-8(2)6-12-14-9(3)11-7-10(13)4-5-15(11)12/h4-5,7-8H,6H2,1-3H3. The molecule has 0 saturated carbocycles. The largest absolute Gasteiger partial charge is 0.303 e. The lowest BCUT2D eigenvalue weighted by atomic mass is 10.1. The number of aryl methyl sites for hydroxylation is 1. The smallest absolute Gasteiger partial charge is 0.113 e. The van der Waals surface area contributed by atoms with Crippen molar-refractivity contribution >= 4 is 21.4 Å². The molecule has 3 heteroatoms. The number of pyridine rings is 1. The molecule has 0 aliphatic carbocycles. The Labute approximate surface area is 98.5 Å². The molecular formula is C12H15BrN2. The predicted octanol–water partition coefficient (Wildman–Crippen LogP) is 3.60. The first-order valence-corrected chi connectivity index (χ1v) is 6.00. The highest BCUT2D eigenvalue weighted by molar-refractivity contribution is 9.10. The lowest BCUT2D eigenvalue weighted by Gasteiger charge is -2.03. The van der Waals surface area contributed by atoms with Gasteiger partial charge >= 0.3 is 0 Å². The molecule has 2 heterocycles. The number of imidazole rings is 1. The summed E-state index contributed by atoms with van der Waals surface area (Å²) >= 11 is 3.49. The average Bonchev–Trinajstić information content (AvgIpc) is 2.42. The molecule has 0 fully saturated rings. The zero-order valence-electron chi connectivity index (χ0n) is 9.29. The number of rotatable bonds is 2. The lowest BCUT2D eigenvalue weighted by molar-refractivity contribution is 0.618. The summed E-state index contributed by atoms with van der Waals surface area (Å²) in [6.07, 6.45) is 3.10. The number of halogens is 1. The van der Waals surface area contributed by atoms with E-state index < -0.39 is 0 Å². The van der Waals surface area contributed by atoms with Crippen molar-refractivity contribution < 1.29 is 0 Å². The molecule has 15 heavy (non-hydrogen) atoms. The minimum Gasteiger partial charge on any atom is -0.303 e. The zero-order valence-corrected chi connectivity index (χ0v) is 10.9. The summed E-state index contributed by atoms with van der Waals surface area (Å²) in [7, 11) is 0. The first-order valence-electron chi connectivity index (χ1n) is 5.21. The maximum Gasteiger partial charge on any atom is 0.113 e. The third-order valence-electron chi connectivity index (χ3n) is 2.45. The van der Waals surface area contributed by atoms with E-state index in [0.29, 0.717) is 5.92 Å². The molecule has 0 aromatic carbocycles. The zero-order chi connectivity index (χ0) is 11.0. The second-order valence-corrected chi connectivity index (χ2v) is 5.23. The van der Waals surface area contributed by atoms with E-state index in [9.17, 15) is 0 Å². The third kappa shape index (κ3) is 2.07. The minimum atomic E-state index is 0.638. The van der Waals surface area contributed by atoms with E-state index in [-0.39, 0.29) is 0 Å². The van der Waals surface area contributed by atoms with Gasteiger partial charge < -0.3 is 4.40 Å². The maximum absolute atomic E-state index is 4.61. The van der Waals surface area contributed by atoms with E-state index >= 15 is 0 Å². The molecule has 2 rings (SSSR count). The van der Waals surface area contributed by atoms with Crippen LogP contribution in [0.4, 0.5) is 0 Å². The molecule has 0 aliphatic rings. The van der Waals surface area contributed by atoms with Crippen molar-refractivity contribution in [2.24, 2.45) is 5.92 Å². The fourth-order valence-electron chi connectivity index (χ4n) is 1.79.